The van der Waals surface area contributed by atoms with Gasteiger partial charge in [-0.25, -0.2) is 0 Å². The summed E-state index contributed by atoms with van der Waals surface area (Å²) in [5.41, 5.74) is -0.892. The first-order valence-corrected chi connectivity index (χ1v) is 4.02. The van der Waals surface area contributed by atoms with Crippen LogP contribution in [0.1, 0.15) is 5.56 Å². The lowest BCUT2D eigenvalue weighted by atomic mass is 10.1. The fourth-order valence-electron chi connectivity index (χ4n) is 1.21. The highest BCUT2D eigenvalue weighted by Crippen LogP contribution is 2.35. The maximum atomic E-state index is 12.6. The third-order valence-corrected chi connectivity index (χ3v) is 1.82. The van der Waals surface area contributed by atoms with Crippen molar-refractivity contribution >= 4 is 0 Å². The van der Waals surface area contributed by atoms with Crippen molar-refractivity contribution in [2.45, 2.75) is 6.18 Å². The quantitative estimate of drug-likeness (QED) is 0.732. The van der Waals surface area contributed by atoms with Gasteiger partial charge in [0.1, 0.15) is 0 Å². The summed E-state index contributed by atoms with van der Waals surface area (Å²) >= 11 is 0. The summed E-state index contributed by atoms with van der Waals surface area (Å²) in [6, 6.07) is 5.05. The Morgan fingerprint density at radius 2 is 1.87 bits per heavy atom. The Hall–Kier alpha value is -1.85. The van der Waals surface area contributed by atoms with Gasteiger partial charge in [-0.15, -0.1) is 0 Å². The molecule has 0 amide bonds. The minimum atomic E-state index is -4.43. The highest BCUT2D eigenvalue weighted by Gasteiger charge is 2.34. The zero-order chi connectivity index (χ0) is 10.9. The summed E-state index contributed by atoms with van der Waals surface area (Å²) in [7, 11) is 0. The van der Waals surface area contributed by atoms with Gasteiger partial charge >= 0.3 is 6.18 Å². The van der Waals surface area contributed by atoms with Crippen molar-refractivity contribution in [1.29, 1.82) is 0 Å². The van der Waals surface area contributed by atoms with Gasteiger partial charge in [0, 0.05) is 0 Å². The molecule has 0 fully saturated rings. The molecule has 0 saturated heterocycles. The molecule has 1 aromatic heterocycles. The van der Waals surface area contributed by atoms with E-state index in [0.717, 1.165) is 12.4 Å². The number of rotatable bonds is 1. The lowest BCUT2D eigenvalue weighted by molar-refractivity contribution is -0.137. The van der Waals surface area contributed by atoms with Crippen LogP contribution in [0.3, 0.4) is 0 Å². The predicted octanol–water partition coefficient (Wildman–Crippen LogP) is 2.76. The van der Waals surface area contributed by atoms with E-state index >= 15 is 0 Å². The standard InChI is InChI=1S/C9H5F3N2O/c10-9(11,12)7-4-2-1-3-6(7)8-13-5-14-15-8/h1-5H. The summed E-state index contributed by atoms with van der Waals surface area (Å²) in [4.78, 5) is 3.58. The Morgan fingerprint density at radius 3 is 2.47 bits per heavy atom. The lowest BCUT2D eigenvalue weighted by Crippen LogP contribution is -2.06. The average molecular weight is 214 g/mol. The number of benzene rings is 1. The fourth-order valence-corrected chi connectivity index (χ4v) is 1.21. The van der Waals surface area contributed by atoms with Gasteiger partial charge in [0.25, 0.3) is 5.89 Å². The molecule has 0 aliphatic rings. The zero-order valence-electron chi connectivity index (χ0n) is 7.32. The molecule has 1 aromatic carbocycles. The molecular formula is C9H5F3N2O. The summed E-state index contributed by atoms with van der Waals surface area (Å²) < 4.78 is 42.2. The van der Waals surface area contributed by atoms with Gasteiger partial charge in [-0.2, -0.15) is 18.2 Å². The Balaban J connectivity index is 2.58. The molecule has 0 aliphatic heterocycles. The minimum Gasteiger partial charge on any atom is -0.334 e. The molecular weight excluding hydrogens is 209 g/mol. The summed E-state index contributed by atoms with van der Waals surface area (Å²) in [6.07, 6.45) is -3.37. The van der Waals surface area contributed by atoms with E-state index in [1.807, 2.05) is 0 Å². The van der Waals surface area contributed by atoms with Crippen LogP contribution in [0.2, 0.25) is 0 Å². The number of alkyl halides is 3. The van der Waals surface area contributed by atoms with Gasteiger partial charge in [0.2, 0.25) is 0 Å². The van der Waals surface area contributed by atoms with E-state index in [-0.39, 0.29) is 11.5 Å². The van der Waals surface area contributed by atoms with Crippen molar-refractivity contribution in [2.75, 3.05) is 0 Å². The fraction of sp³-hybridized carbons (Fsp3) is 0.111. The molecule has 2 aromatic rings. The molecule has 0 atom stereocenters. The van der Waals surface area contributed by atoms with Crippen LogP contribution in [0.15, 0.2) is 35.1 Å². The molecule has 0 unspecified atom stereocenters. The SMILES string of the molecule is FC(F)(F)c1ccccc1-c1ncno1. The molecule has 0 N–H and O–H groups in total. The van der Waals surface area contributed by atoms with Crippen molar-refractivity contribution in [2.24, 2.45) is 0 Å². The second kappa shape index (κ2) is 3.38. The molecule has 0 saturated carbocycles. The molecule has 0 radical (unpaired) electrons. The molecule has 2 rings (SSSR count). The predicted molar refractivity (Wildman–Crippen MR) is 44.7 cm³/mol. The van der Waals surface area contributed by atoms with Gasteiger partial charge in [-0.1, -0.05) is 17.3 Å². The van der Waals surface area contributed by atoms with Crippen LogP contribution in [-0.2, 0) is 6.18 Å². The smallest absolute Gasteiger partial charge is 0.334 e. The highest BCUT2D eigenvalue weighted by atomic mass is 19.4. The van der Waals surface area contributed by atoms with Crippen LogP contribution in [0, 0.1) is 0 Å². The van der Waals surface area contributed by atoms with E-state index in [1.54, 1.807) is 0 Å². The third-order valence-electron chi connectivity index (χ3n) is 1.82. The van der Waals surface area contributed by atoms with Crippen molar-refractivity contribution in [3.63, 3.8) is 0 Å². The molecule has 15 heavy (non-hydrogen) atoms. The lowest BCUT2D eigenvalue weighted by Gasteiger charge is -2.09. The third kappa shape index (κ3) is 1.83. The van der Waals surface area contributed by atoms with Gasteiger partial charge in [0.05, 0.1) is 11.1 Å². The monoisotopic (exact) mass is 214 g/mol. The first kappa shape index (κ1) is 9.70. The molecule has 0 spiro atoms. The summed E-state index contributed by atoms with van der Waals surface area (Å²) in [6.45, 7) is 0. The second-order valence-corrected chi connectivity index (χ2v) is 2.79. The first-order valence-electron chi connectivity index (χ1n) is 4.02. The van der Waals surface area contributed by atoms with Gasteiger partial charge in [-0.05, 0) is 12.1 Å². The number of hydrogen-bond donors (Lipinski definition) is 0. The zero-order valence-corrected chi connectivity index (χ0v) is 7.32. The first-order chi connectivity index (χ1) is 7.09. The maximum Gasteiger partial charge on any atom is 0.417 e. The maximum absolute atomic E-state index is 12.6. The molecule has 78 valence electrons. The number of nitrogens with zero attached hydrogens (tertiary/aromatic N) is 2. The Kier molecular flexibility index (Phi) is 2.18. The van der Waals surface area contributed by atoms with E-state index in [4.69, 9.17) is 0 Å². The minimum absolute atomic E-state index is 0.109. The van der Waals surface area contributed by atoms with Crippen LogP contribution >= 0.6 is 0 Å². The molecule has 0 bridgehead atoms. The normalized spacial score (nSPS) is 11.7. The molecule has 0 aliphatic carbocycles. The van der Waals surface area contributed by atoms with Crippen LogP contribution in [-0.4, -0.2) is 10.1 Å². The number of aromatic nitrogens is 2. The van der Waals surface area contributed by atoms with Gasteiger partial charge in [0.15, 0.2) is 6.33 Å². The van der Waals surface area contributed by atoms with Crippen LogP contribution < -0.4 is 0 Å². The van der Waals surface area contributed by atoms with Crippen molar-refractivity contribution in [3.05, 3.63) is 36.2 Å². The Morgan fingerprint density at radius 1 is 1.13 bits per heavy atom. The van der Waals surface area contributed by atoms with Crippen molar-refractivity contribution in [1.82, 2.24) is 10.1 Å². The van der Waals surface area contributed by atoms with E-state index in [1.165, 1.54) is 18.2 Å². The van der Waals surface area contributed by atoms with Crippen LogP contribution in [0.4, 0.5) is 13.2 Å². The van der Waals surface area contributed by atoms with E-state index in [9.17, 15) is 13.2 Å². The Bertz CT molecular complexity index is 451. The van der Waals surface area contributed by atoms with Gasteiger partial charge in [-0.3, -0.25) is 0 Å². The molecule has 1 heterocycles. The number of halogens is 3. The van der Waals surface area contributed by atoms with E-state index in [2.05, 4.69) is 14.7 Å². The summed E-state index contributed by atoms with van der Waals surface area (Å²) in [5, 5.41) is 3.27. The molecule has 6 heteroatoms. The molecule has 3 nitrogen and oxygen atoms in total. The highest BCUT2D eigenvalue weighted by molar-refractivity contribution is 5.59. The van der Waals surface area contributed by atoms with E-state index in [0.29, 0.717) is 0 Å². The largest absolute Gasteiger partial charge is 0.417 e. The van der Waals surface area contributed by atoms with Crippen LogP contribution in [0.5, 0.6) is 0 Å². The van der Waals surface area contributed by atoms with Crippen LogP contribution in [0.25, 0.3) is 11.5 Å². The van der Waals surface area contributed by atoms with E-state index < -0.39 is 11.7 Å². The topological polar surface area (TPSA) is 38.9 Å². The number of hydrogen-bond acceptors (Lipinski definition) is 3. The summed E-state index contributed by atoms with van der Waals surface area (Å²) in [5.74, 6) is -0.136. The van der Waals surface area contributed by atoms with Crippen molar-refractivity contribution < 1.29 is 17.7 Å². The van der Waals surface area contributed by atoms with Crippen molar-refractivity contribution in [3.8, 4) is 11.5 Å². The van der Waals surface area contributed by atoms with Gasteiger partial charge < -0.3 is 4.52 Å². The second-order valence-electron chi connectivity index (χ2n) is 2.79. The average Bonchev–Trinajstić information content (AvgIpc) is 2.69. The Labute approximate surface area is 82.5 Å².